The van der Waals surface area contributed by atoms with E-state index in [0.717, 1.165) is 37.9 Å². The van der Waals surface area contributed by atoms with Crippen molar-refractivity contribution in [3.05, 3.63) is 29.6 Å². The smallest absolute Gasteiger partial charge is 0.271 e. The van der Waals surface area contributed by atoms with Crippen molar-refractivity contribution in [3.63, 3.8) is 0 Å². The summed E-state index contributed by atoms with van der Waals surface area (Å²) >= 11 is 0. The van der Waals surface area contributed by atoms with Gasteiger partial charge in [0.1, 0.15) is 0 Å². The monoisotopic (exact) mass is 289 g/mol. The van der Waals surface area contributed by atoms with Gasteiger partial charge in [-0.2, -0.15) is 13.2 Å². The van der Waals surface area contributed by atoms with E-state index in [2.05, 4.69) is 17.3 Å². The molecular weight excluding hydrogens is 267 g/mol. The lowest BCUT2D eigenvalue weighted by molar-refractivity contribution is -0.138. The van der Waals surface area contributed by atoms with E-state index < -0.39 is 17.8 Å². The van der Waals surface area contributed by atoms with Gasteiger partial charge in [0.05, 0.1) is 11.6 Å². The number of nitrogens with one attached hydrogen (secondary N) is 1. The van der Waals surface area contributed by atoms with Crippen LogP contribution in [0, 0.1) is 5.92 Å². The average molecular weight is 289 g/mol. The number of hydrogen-bond acceptors (Lipinski definition) is 3. The molecule has 0 fully saturated rings. The molecule has 114 valence electrons. The molecule has 0 spiro atoms. The maximum absolute atomic E-state index is 13.1. The van der Waals surface area contributed by atoms with E-state index in [1.165, 1.54) is 6.20 Å². The average Bonchev–Trinajstić information content (AvgIpc) is 2.42. The molecule has 1 aromatic rings. The predicted molar refractivity (Wildman–Crippen MR) is 72.6 cm³/mol. The molecular formula is C14H22F3N3. The Balaban J connectivity index is 3.11. The van der Waals surface area contributed by atoms with Crippen LogP contribution in [-0.4, -0.2) is 4.98 Å². The Labute approximate surface area is 117 Å². The summed E-state index contributed by atoms with van der Waals surface area (Å²) in [4.78, 5) is 3.83. The number of halogens is 3. The van der Waals surface area contributed by atoms with Gasteiger partial charge in [-0.1, -0.05) is 33.1 Å². The number of nitrogens with zero attached hydrogens (tertiary/aromatic N) is 1. The molecule has 1 aromatic heterocycles. The van der Waals surface area contributed by atoms with Crippen LogP contribution in [0.5, 0.6) is 0 Å². The molecule has 3 N–H and O–H groups in total. The van der Waals surface area contributed by atoms with E-state index >= 15 is 0 Å². The standard InChI is InChI=1S/C14H22F3N3/c1-3-5-6-10(4-2)13(20-18)11-9-19-8-7-12(11)14(15,16)17/h7-10,13,20H,3-6,18H2,1-2H3. The first-order valence-corrected chi connectivity index (χ1v) is 6.92. The largest absolute Gasteiger partial charge is 0.416 e. The van der Waals surface area contributed by atoms with Crippen molar-refractivity contribution in [2.45, 2.75) is 51.7 Å². The van der Waals surface area contributed by atoms with Crippen LogP contribution < -0.4 is 11.3 Å². The number of alkyl halides is 3. The van der Waals surface area contributed by atoms with Gasteiger partial charge in [0.15, 0.2) is 0 Å². The third-order valence-electron chi connectivity index (χ3n) is 3.60. The Morgan fingerprint density at radius 2 is 2.05 bits per heavy atom. The summed E-state index contributed by atoms with van der Waals surface area (Å²) in [6.45, 7) is 4.02. The van der Waals surface area contributed by atoms with Gasteiger partial charge in [0, 0.05) is 18.0 Å². The summed E-state index contributed by atoms with van der Waals surface area (Å²) in [7, 11) is 0. The van der Waals surface area contributed by atoms with Crippen molar-refractivity contribution >= 4 is 0 Å². The van der Waals surface area contributed by atoms with Crippen LogP contribution in [-0.2, 0) is 6.18 Å². The molecule has 1 heterocycles. The van der Waals surface area contributed by atoms with Crippen LogP contribution in [0.1, 0.15) is 56.7 Å². The third kappa shape index (κ3) is 4.18. The first-order valence-electron chi connectivity index (χ1n) is 6.92. The zero-order valence-corrected chi connectivity index (χ0v) is 11.9. The highest BCUT2D eigenvalue weighted by Gasteiger charge is 2.36. The molecule has 0 aliphatic rings. The third-order valence-corrected chi connectivity index (χ3v) is 3.60. The minimum Gasteiger partial charge on any atom is -0.271 e. The second-order valence-corrected chi connectivity index (χ2v) is 4.92. The predicted octanol–water partition coefficient (Wildman–Crippen LogP) is 3.82. The fraction of sp³-hybridized carbons (Fsp3) is 0.643. The number of hydrazine groups is 1. The van der Waals surface area contributed by atoms with Crippen molar-refractivity contribution in [3.8, 4) is 0 Å². The molecule has 3 nitrogen and oxygen atoms in total. The number of unbranched alkanes of at least 4 members (excludes halogenated alkanes) is 1. The highest BCUT2D eigenvalue weighted by molar-refractivity contribution is 5.29. The fourth-order valence-electron chi connectivity index (χ4n) is 2.47. The Kier molecular flexibility index (Phi) is 6.42. The molecule has 2 unspecified atom stereocenters. The first kappa shape index (κ1) is 16.9. The Morgan fingerprint density at radius 1 is 1.35 bits per heavy atom. The quantitative estimate of drug-likeness (QED) is 0.592. The molecule has 0 amide bonds. The first-order chi connectivity index (χ1) is 9.45. The topological polar surface area (TPSA) is 50.9 Å². The van der Waals surface area contributed by atoms with Gasteiger partial charge >= 0.3 is 6.18 Å². The van der Waals surface area contributed by atoms with Crippen LogP contribution in [0.2, 0.25) is 0 Å². The number of nitrogens with two attached hydrogens (primary N) is 1. The highest BCUT2D eigenvalue weighted by atomic mass is 19.4. The van der Waals surface area contributed by atoms with Crippen LogP contribution in [0.25, 0.3) is 0 Å². The van der Waals surface area contributed by atoms with Gasteiger partial charge < -0.3 is 0 Å². The number of hydrogen-bond donors (Lipinski definition) is 2. The summed E-state index contributed by atoms with van der Waals surface area (Å²) in [6.07, 6.45) is 1.62. The minimum absolute atomic E-state index is 0.0604. The lowest BCUT2D eigenvalue weighted by Gasteiger charge is -2.28. The Morgan fingerprint density at radius 3 is 2.55 bits per heavy atom. The Hall–Kier alpha value is -1.14. The van der Waals surface area contributed by atoms with Gasteiger partial charge in [0.2, 0.25) is 0 Å². The van der Waals surface area contributed by atoms with E-state index in [9.17, 15) is 13.2 Å². The van der Waals surface area contributed by atoms with E-state index in [1.807, 2.05) is 6.92 Å². The molecule has 0 aromatic carbocycles. The van der Waals surface area contributed by atoms with E-state index in [1.54, 1.807) is 0 Å². The van der Waals surface area contributed by atoms with Crippen LogP contribution in [0.4, 0.5) is 13.2 Å². The molecule has 0 radical (unpaired) electrons. The van der Waals surface area contributed by atoms with Crippen molar-refractivity contribution in [2.24, 2.45) is 11.8 Å². The summed E-state index contributed by atoms with van der Waals surface area (Å²) in [6, 6.07) is 0.475. The minimum atomic E-state index is -4.39. The lowest BCUT2D eigenvalue weighted by Crippen LogP contribution is -2.35. The fourth-order valence-corrected chi connectivity index (χ4v) is 2.47. The van der Waals surface area contributed by atoms with Crippen LogP contribution >= 0.6 is 0 Å². The number of pyridine rings is 1. The normalized spacial score (nSPS) is 15.1. The molecule has 0 saturated carbocycles. The summed E-state index contributed by atoms with van der Waals surface area (Å²) in [5.41, 5.74) is 2.02. The van der Waals surface area contributed by atoms with Gasteiger partial charge in [0.25, 0.3) is 0 Å². The van der Waals surface area contributed by atoms with E-state index in [0.29, 0.717) is 0 Å². The van der Waals surface area contributed by atoms with Gasteiger partial charge in [-0.25, -0.2) is 0 Å². The van der Waals surface area contributed by atoms with Gasteiger partial charge in [-0.15, -0.1) is 0 Å². The second kappa shape index (κ2) is 7.59. The van der Waals surface area contributed by atoms with Crippen LogP contribution in [0.15, 0.2) is 18.5 Å². The van der Waals surface area contributed by atoms with Crippen molar-refractivity contribution in [1.82, 2.24) is 10.4 Å². The second-order valence-electron chi connectivity index (χ2n) is 4.92. The molecule has 0 aliphatic heterocycles. The molecule has 1 rings (SSSR count). The Bertz CT molecular complexity index is 407. The maximum atomic E-state index is 13.1. The number of aromatic nitrogens is 1. The molecule has 20 heavy (non-hydrogen) atoms. The van der Waals surface area contributed by atoms with Crippen LogP contribution in [0.3, 0.4) is 0 Å². The lowest BCUT2D eigenvalue weighted by atomic mass is 9.86. The highest BCUT2D eigenvalue weighted by Crippen LogP contribution is 2.37. The van der Waals surface area contributed by atoms with Crippen molar-refractivity contribution in [1.29, 1.82) is 0 Å². The van der Waals surface area contributed by atoms with E-state index in [-0.39, 0.29) is 11.5 Å². The zero-order valence-electron chi connectivity index (χ0n) is 11.9. The van der Waals surface area contributed by atoms with Crippen molar-refractivity contribution in [2.75, 3.05) is 0 Å². The maximum Gasteiger partial charge on any atom is 0.416 e. The zero-order chi connectivity index (χ0) is 15.2. The SMILES string of the molecule is CCCCC(CC)C(NN)c1cnccc1C(F)(F)F. The number of rotatable bonds is 7. The van der Waals surface area contributed by atoms with Crippen molar-refractivity contribution < 1.29 is 13.2 Å². The van der Waals surface area contributed by atoms with E-state index in [4.69, 9.17) is 5.84 Å². The van der Waals surface area contributed by atoms with Gasteiger partial charge in [-0.3, -0.25) is 16.3 Å². The summed E-state index contributed by atoms with van der Waals surface area (Å²) < 4.78 is 39.2. The van der Waals surface area contributed by atoms with Gasteiger partial charge in [-0.05, 0) is 18.4 Å². The summed E-state index contributed by atoms with van der Waals surface area (Å²) in [5.74, 6) is 5.58. The molecule has 0 bridgehead atoms. The molecule has 6 heteroatoms. The molecule has 0 aliphatic carbocycles. The molecule has 2 atom stereocenters. The molecule has 0 saturated heterocycles. The summed E-state index contributed by atoms with van der Waals surface area (Å²) in [5, 5.41) is 0.